The fraction of sp³-hybridized carbons (Fsp3) is 0.786. The zero-order valence-corrected chi connectivity index (χ0v) is 12.5. The predicted molar refractivity (Wildman–Crippen MR) is 75.8 cm³/mol. The number of esters is 1. The molecule has 0 aromatic carbocycles. The third-order valence-electron chi connectivity index (χ3n) is 3.59. The van der Waals surface area contributed by atoms with Gasteiger partial charge in [-0.1, -0.05) is 6.42 Å². The van der Waals surface area contributed by atoms with Gasteiger partial charge in [-0.2, -0.15) is 0 Å². The lowest BCUT2D eigenvalue weighted by atomic mass is 9.98. The molecule has 2 N–H and O–H groups in total. The molecule has 0 bridgehead atoms. The first-order chi connectivity index (χ1) is 10.0. The zero-order chi connectivity index (χ0) is 15.7. The number of carboxylic acids is 1. The van der Waals surface area contributed by atoms with E-state index in [1.165, 1.54) is 7.11 Å². The number of aliphatic carboxylic acids is 1. The van der Waals surface area contributed by atoms with Crippen LogP contribution < -0.4 is 5.32 Å². The summed E-state index contributed by atoms with van der Waals surface area (Å²) in [6, 6.07) is -0.165. The lowest BCUT2D eigenvalue weighted by Crippen LogP contribution is -2.47. The quantitative estimate of drug-likeness (QED) is 0.544. The average Bonchev–Trinajstić information content (AvgIpc) is 2.49. The van der Waals surface area contributed by atoms with Crippen LogP contribution in [0.5, 0.6) is 0 Å². The van der Waals surface area contributed by atoms with Crippen molar-refractivity contribution in [2.24, 2.45) is 5.92 Å². The van der Waals surface area contributed by atoms with Crippen molar-refractivity contribution in [1.29, 1.82) is 0 Å². The topological polar surface area (TPSA) is 95.9 Å². The summed E-state index contributed by atoms with van der Waals surface area (Å²) in [7, 11) is 1.36. The van der Waals surface area contributed by atoms with Gasteiger partial charge >= 0.3 is 18.0 Å². The molecular formula is C14H24N2O5. The van der Waals surface area contributed by atoms with Gasteiger partial charge in [0, 0.05) is 26.1 Å². The van der Waals surface area contributed by atoms with E-state index in [0.29, 0.717) is 26.1 Å². The number of amides is 2. The summed E-state index contributed by atoms with van der Waals surface area (Å²) in [5, 5.41) is 11.3. The number of carbonyl (C=O) groups excluding carboxylic acids is 2. The molecule has 0 aromatic rings. The molecule has 1 aliphatic rings. The molecule has 0 radical (unpaired) electrons. The van der Waals surface area contributed by atoms with Gasteiger partial charge in [-0.05, 0) is 25.7 Å². The van der Waals surface area contributed by atoms with Crippen molar-refractivity contribution in [3.8, 4) is 0 Å². The van der Waals surface area contributed by atoms with Gasteiger partial charge in [0.25, 0.3) is 0 Å². The molecule has 2 amide bonds. The number of nitrogens with one attached hydrogen (secondary N) is 1. The van der Waals surface area contributed by atoms with Gasteiger partial charge in [-0.25, -0.2) is 4.79 Å². The first-order valence-corrected chi connectivity index (χ1v) is 7.37. The number of piperidine rings is 1. The molecule has 1 heterocycles. The third kappa shape index (κ3) is 6.46. The summed E-state index contributed by atoms with van der Waals surface area (Å²) in [4.78, 5) is 35.4. The van der Waals surface area contributed by atoms with Gasteiger partial charge in [0.2, 0.25) is 0 Å². The average molecular weight is 300 g/mol. The highest BCUT2D eigenvalue weighted by Gasteiger charge is 2.28. The second-order valence-corrected chi connectivity index (χ2v) is 5.24. The lowest BCUT2D eigenvalue weighted by molar-refractivity contribution is -0.146. The molecule has 1 unspecified atom stereocenters. The summed E-state index contributed by atoms with van der Waals surface area (Å²) in [6.07, 6.45) is 3.88. The molecule has 1 saturated heterocycles. The second kappa shape index (κ2) is 9.20. The largest absolute Gasteiger partial charge is 0.481 e. The van der Waals surface area contributed by atoms with Crippen LogP contribution in [0.25, 0.3) is 0 Å². The Bertz CT molecular complexity index is 372. The van der Waals surface area contributed by atoms with Crippen LogP contribution in [0.3, 0.4) is 0 Å². The van der Waals surface area contributed by atoms with Crippen LogP contribution in [0.1, 0.15) is 38.5 Å². The number of rotatable bonds is 7. The second-order valence-electron chi connectivity index (χ2n) is 5.24. The van der Waals surface area contributed by atoms with Crippen molar-refractivity contribution in [3.63, 3.8) is 0 Å². The summed E-state index contributed by atoms with van der Waals surface area (Å²) in [6.45, 7) is 1.58. The Balaban J connectivity index is 2.19. The summed E-state index contributed by atoms with van der Waals surface area (Å²) >= 11 is 0. The molecule has 1 atom stereocenters. The summed E-state index contributed by atoms with van der Waals surface area (Å²) < 4.78 is 4.72. The zero-order valence-electron chi connectivity index (χ0n) is 12.5. The van der Waals surface area contributed by atoms with Crippen LogP contribution in [0.15, 0.2) is 0 Å². The number of ether oxygens (including phenoxy) is 1. The van der Waals surface area contributed by atoms with Crippen LogP contribution in [0, 0.1) is 5.92 Å². The molecule has 0 spiro atoms. The maximum absolute atomic E-state index is 12.0. The van der Waals surface area contributed by atoms with Gasteiger partial charge in [0.15, 0.2) is 0 Å². The van der Waals surface area contributed by atoms with E-state index < -0.39 is 5.97 Å². The Kier molecular flexibility index (Phi) is 7.56. The Morgan fingerprint density at radius 1 is 1.29 bits per heavy atom. The van der Waals surface area contributed by atoms with E-state index in [9.17, 15) is 14.4 Å². The van der Waals surface area contributed by atoms with Crippen molar-refractivity contribution in [1.82, 2.24) is 10.2 Å². The number of nitrogens with zero attached hydrogens (tertiary/aromatic N) is 1. The van der Waals surface area contributed by atoms with Crippen LogP contribution in [-0.2, 0) is 14.3 Å². The highest BCUT2D eigenvalue weighted by molar-refractivity contribution is 5.77. The fourth-order valence-corrected chi connectivity index (χ4v) is 2.41. The first kappa shape index (κ1) is 17.3. The van der Waals surface area contributed by atoms with Crippen molar-refractivity contribution < 1.29 is 24.2 Å². The number of hydrogen-bond donors (Lipinski definition) is 2. The first-order valence-electron chi connectivity index (χ1n) is 7.37. The Hall–Kier alpha value is -1.79. The third-order valence-corrected chi connectivity index (χ3v) is 3.59. The summed E-state index contributed by atoms with van der Waals surface area (Å²) in [5.74, 6) is -1.28. The highest BCUT2D eigenvalue weighted by atomic mass is 16.5. The number of likely N-dealkylation sites (tertiary alicyclic amines) is 1. The van der Waals surface area contributed by atoms with E-state index in [1.807, 2.05) is 0 Å². The fourth-order valence-electron chi connectivity index (χ4n) is 2.41. The highest BCUT2D eigenvalue weighted by Crippen LogP contribution is 2.17. The minimum Gasteiger partial charge on any atom is -0.481 e. The number of methoxy groups -OCH3 is 1. The maximum Gasteiger partial charge on any atom is 0.317 e. The van der Waals surface area contributed by atoms with Crippen molar-refractivity contribution in [3.05, 3.63) is 0 Å². The van der Waals surface area contributed by atoms with E-state index in [1.54, 1.807) is 4.90 Å². The van der Waals surface area contributed by atoms with Gasteiger partial charge < -0.3 is 20.1 Å². The van der Waals surface area contributed by atoms with Crippen LogP contribution in [0.2, 0.25) is 0 Å². The minimum atomic E-state index is -0.791. The Labute approximate surface area is 124 Å². The molecule has 0 saturated carbocycles. The number of urea groups is 1. The summed E-state index contributed by atoms with van der Waals surface area (Å²) in [5.41, 5.74) is 0. The standard InChI is InChI=1S/C14H24N2O5/c1-21-13(19)11-6-5-9-16(10-11)14(20)15-8-4-2-3-7-12(17)18/h11H,2-10H2,1H3,(H,15,20)(H,17,18). The molecule has 1 rings (SSSR count). The van der Waals surface area contributed by atoms with Crippen molar-refractivity contribution in [2.45, 2.75) is 38.5 Å². The van der Waals surface area contributed by atoms with Gasteiger partial charge in [-0.3, -0.25) is 9.59 Å². The molecule has 21 heavy (non-hydrogen) atoms. The normalized spacial score (nSPS) is 18.1. The number of carbonyl (C=O) groups is 3. The molecule has 7 nitrogen and oxygen atoms in total. The SMILES string of the molecule is COC(=O)C1CCCN(C(=O)NCCCCCC(=O)O)C1. The van der Waals surface area contributed by atoms with Gasteiger partial charge in [0.1, 0.15) is 0 Å². The minimum absolute atomic E-state index is 0.165. The van der Waals surface area contributed by atoms with Crippen molar-refractivity contribution in [2.75, 3.05) is 26.7 Å². The van der Waals surface area contributed by atoms with E-state index >= 15 is 0 Å². The van der Waals surface area contributed by atoms with E-state index in [0.717, 1.165) is 25.7 Å². The van der Waals surface area contributed by atoms with Crippen LogP contribution in [-0.4, -0.2) is 54.7 Å². The smallest absolute Gasteiger partial charge is 0.317 e. The van der Waals surface area contributed by atoms with Crippen LogP contribution in [0.4, 0.5) is 4.79 Å². The molecule has 120 valence electrons. The molecular weight excluding hydrogens is 276 g/mol. The van der Waals surface area contributed by atoms with Gasteiger partial charge in [-0.15, -0.1) is 0 Å². The maximum atomic E-state index is 12.0. The molecule has 7 heteroatoms. The van der Waals surface area contributed by atoms with E-state index in [4.69, 9.17) is 9.84 Å². The molecule has 0 aliphatic carbocycles. The number of hydrogen-bond acceptors (Lipinski definition) is 4. The molecule has 1 fully saturated rings. The van der Waals surface area contributed by atoms with Gasteiger partial charge in [0.05, 0.1) is 13.0 Å². The van der Waals surface area contributed by atoms with E-state index in [-0.39, 0.29) is 24.3 Å². The molecule has 0 aromatic heterocycles. The lowest BCUT2D eigenvalue weighted by Gasteiger charge is -2.31. The predicted octanol–water partition coefficient (Wildman–Crippen LogP) is 1.23. The Morgan fingerprint density at radius 2 is 2.05 bits per heavy atom. The molecule has 1 aliphatic heterocycles. The van der Waals surface area contributed by atoms with Crippen molar-refractivity contribution >= 4 is 18.0 Å². The number of carboxylic acid groups (broad SMARTS) is 1. The number of unbranched alkanes of at least 4 members (excludes halogenated alkanes) is 2. The Morgan fingerprint density at radius 3 is 2.71 bits per heavy atom. The van der Waals surface area contributed by atoms with E-state index in [2.05, 4.69) is 5.32 Å². The monoisotopic (exact) mass is 300 g/mol. The van der Waals surface area contributed by atoms with Crippen LogP contribution >= 0.6 is 0 Å².